The van der Waals surface area contributed by atoms with Crippen LogP contribution in [0, 0.1) is 5.92 Å². The molecule has 0 bridgehead atoms. The fourth-order valence-electron chi connectivity index (χ4n) is 1.83. The molecule has 0 aromatic heterocycles. The minimum atomic E-state index is -0.0976. The highest BCUT2D eigenvalue weighted by atomic mass is 16.5. The van der Waals surface area contributed by atoms with Gasteiger partial charge >= 0.3 is 5.97 Å². The maximum Gasteiger partial charge on any atom is 0.305 e. The Kier molecular flexibility index (Phi) is 4.22. The minimum Gasteiger partial charge on any atom is -0.469 e. The molecule has 76 valence electrons. The molecule has 1 N–H and O–H groups in total. The zero-order valence-electron chi connectivity index (χ0n) is 8.51. The lowest BCUT2D eigenvalue weighted by Gasteiger charge is -2.33. The summed E-state index contributed by atoms with van der Waals surface area (Å²) in [7, 11) is 3.42. The second kappa shape index (κ2) is 5.22. The normalized spacial score (nSPS) is 19.2. The van der Waals surface area contributed by atoms with E-state index in [-0.39, 0.29) is 5.97 Å². The van der Waals surface area contributed by atoms with Crippen molar-refractivity contribution in [3.63, 3.8) is 0 Å². The smallest absolute Gasteiger partial charge is 0.305 e. The molecule has 0 saturated heterocycles. The van der Waals surface area contributed by atoms with Gasteiger partial charge in [-0.05, 0) is 32.2 Å². The summed E-state index contributed by atoms with van der Waals surface area (Å²) in [4.78, 5) is 10.9. The number of nitrogens with one attached hydrogen (secondary N) is 1. The Balaban J connectivity index is 2.19. The van der Waals surface area contributed by atoms with Crippen molar-refractivity contribution in [2.75, 3.05) is 14.2 Å². The average Bonchev–Trinajstić information content (AvgIpc) is 2.08. The van der Waals surface area contributed by atoms with Crippen LogP contribution in [-0.4, -0.2) is 26.2 Å². The molecule has 1 aliphatic rings. The molecule has 1 atom stereocenters. The van der Waals surface area contributed by atoms with E-state index >= 15 is 0 Å². The van der Waals surface area contributed by atoms with E-state index in [4.69, 9.17) is 0 Å². The van der Waals surface area contributed by atoms with Crippen LogP contribution in [0.25, 0.3) is 0 Å². The summed E-state index contributed by atoms with van der Waals surface area (Å²) in [6.07, 6.45) is 5.42. The highest BCUT2D eigenvalue weighted by Crippen LogP contribution is 2.31. The van der Waals surface area contributed by atoms with Crippen LogP contribution in [0.15, 0.2) is 0 Å². The molecule has 1 unspecified atom stereocenters. The van der Waals surface area contributed by atoms with Crippen LogP contribution in [0.3, 0.4) is 0 Å². The first kappa shape index (κ1) is 10.5. The van der Waals surface area contributed by atoms with Crippen molar-refractivity contribution in [2.45, 2.75) is 38.1 Å². The van der Waals surface area contributed by atoms with Crippen LogP contribution in [0.2, 0.25) is 0 Å². The Morgan fingerprint density at radius 2 is 2.31 bits per heavy atom. The first-order chi connectivity index (χ1) is 6.27. The summed E-state index contributed by atoms with van der Waals surface area (Å²) in [6, 6.07) is 0.507. The molecule has 0 radical (unpaired) electrons. The van der Waals surface area contributed by atoms with E-state index in [1.165, 1.54) is 26.4 Å². The van der Waals surface area contributed by atoms with Gasteiger partial charge in [-0.25, -0.2) is 0 Å². The van der Waals surface area contributed by atoms with E-state index in [0.29, 0.717) is 12.5 Å². The predicted molar refractivity (Wildman–Crippen MR) is 51.4 cm³/mol. The van der Waals surface area contributed by atoms with E-state index in [9.17, 15) is 4.79 Å². The van der Waals surface area contributed by atoms with Gasteiger partial charge in [0, 0.05) is 12.5 Å². The van der Waals surface area contributed by atoms with E-state index in [1.807, 2.05) is 7.05 Å². The van der Waals surface area contributed by atoms with Crippen molar-refractivity contribution >= 4 is 5.97 Å². The number of methoxy groups -OCH3 is 1. The summed E-state index contributed by atoms with van der Waals surface area (Å²) < 4.78 is 4.61. The first-order valence-corrected chi connectivity index (χ1v) is 5.02. The molecule has 1 fully saturated rings. The molecule has 0 aromatic rings. The van der Waals surface area contributed by atoms with Crippen LogP contribution in [0.5, 0.6) is 0 Å². The summed E-state index contributed by atoms with van der Waals surface area (Å²) in [5.74, 6) is 0.689. The topological polar surface area (TPSA) is 38.3 Å². The van der Waals surface area contributed by atoms with Gasteiger partial charge in [0.05, 0.1) is 7.11 Å². The molecular weight excluding hydrogens is 166 g/mol. The summed E-state index contributed by atoms with van der Waals surface area (Å²) >= 11 is 0. The second-order valence-corrected chi connectivity index (χ2v) is 3.70. The minimum absolute atomic E-state index is 0.0976. The van der Waals surface area contributed by atoms with Crippen molar-refractivity contribution in [3.8, 4) is 0 Å². The first-order valence-electron chi connectivity index (χ1n) is 5.02. The Labute approximate surface area is 79.8 Å². The van der Waals surface area contributed by atoms with Gasteiger partial charge in [-0.15, -0.1) is 0 Å². The van der Waals surface area contributed by atoms with Gasteiger partial charge in [-0.3, -0.25) is 4.79 Å². The molecular formula is C10H19NO2. The number of rotatable bonds is 5. The van der Waals surface area contributed by atoms with E-state index in [1.54, 1.807) is 0 Å². The van der Waals surface area contributed by atoms with Gasteiger partial charge in [0.25, 0.3) is 0 Å². The van der Waals surface area contributed by atoms with Gasteiger partial charge in [-0.1, -0.05) is 6.42 Å². The average molecular weight is 185 g/mol. The van der Waals surface area contributed by atoms with E-state index in [2.05, 4.69) is 10.1 Å². The number of carbonyl (C=O) groups is 1. The molecule has 1 rings (SSSR count). The lowest BCUT2D eigenvalue weighted by molar-refractivity contribution is -0.140. The third-order valence-electron chi connectivity index (χ3n) is 2.98. The molecule has 13 heavy (non-hydrogen) atoms. The lowest BCUT2D eigenvalue weighted by Crippen LogP contribution is -2.37. The largest absolute Gasteiger partial charge is 0.469 e. The number of carbonyl (C=O) groups excluding carboxylic acids is 1. The maximum absolute atomic E-state index is 10.9. The molecule has 0 heterocycles. The Morgan fingerprint density at radius 3 is 2.69 bits per heavy atom. The highest BCUT2D eigenvalue weighted by Gasteiger charge is 2.26. The van der Waals surface area contributed by atoms with Crippen LogP contribution < -0.4 is 5.32 Å². The van der Waals surface area contributed by atoms with Crippen LogP contribution in [0.1, 0.15) is 32.1 Å². The van der Waals surface area contributed by atoms with Gasteiger partial charge < -0.3 is 10.1 Å². The third-order valence-corrected chi connectivity index (χ3v) is 2.98. The molecule has 1 saturated carbocycles. The molecule has 0 aliphatic heterocycles. The van der Waals surface area contributed by atoms with E-state index < -0.39 is 0 Å². The van der Waals surface area contributed by atoms with Crippen molar-refractivity contribution < 1.29 is 9.53 Å². The number of hydrogen-bond donors (Lipinski definition) is 1. The SMILES string of the molecule is CNC(CCC(=O)OC)C1CCC1. The summed E-state index contributed by atoms with van der Waals surface area (Å²) in [5.41, 5.74) is 0. The van der Waals surface area contributed by atoms with Gasteiger partial charge in [0.1, 0.15) is 0 Å². The van der Waals surface area contributed by atoms with Crippen molar-refractivity contribution in [1.29, 1.82) is 0 Å². The molecule has 3 heteroatoms. The number of hydrogen-bond acceptors (Lipinski definition) is 3. The second-order valence-electron chi connectivity index (χ2n) is 3.70. The maximum atomic E-state index is 10.9. The van der Waals surface area contributed by atoms with Gasteiger partial charge in [0.2, 0.25) is 0 Å². The highest BCUT2D eigenvalue weighted by molar-refractivity contribution is 5.69. The molecule has 3 nitrogen and oxygen atoms in total. The fraction of sp³-hybridized carbons (Fsp3) is 0.900. The third kappa shape index (κ3) is 2.99. The Hall–Kier alpha value is -0.570. The quantitative estimate of drug-likeness (QED) is 0.657. The molecule has 1 aliphatic carbocycles. The number of esters is 1. The number of ether oxygens (including phenoxy) is 1. The zero-order valence-corrected chi connectivity index (χ0v) is 8.51. The predicted octanol–water partition coefficient (Wildman–Crippen LogP) is 1.33. The van der Waals surface area contributed by atoms with Crippen molar-refractivity contribution in [2.24, 2.45) is 5.92 Å². The van der Waals surface area contributed by atoms with Crippen molar-refractivity contribution in [1.82, 2.24) is 5.32 Å². The zero-order chi connectivity index (χ0) is 9.68. The van der Waals surface area contributed by atoms with Gasteiger partial charge in [-0.2, -0.15) is 0 Å². The van der Waals surface area contributed by atoms with Gasteiger partial charge in [0.15, 0.2) is 0 Å². The molecule has 0 spiro atoms. The van der Waals surface area contributed by atoms with Crippen molar-refractivity contribution in [3.05, 3.63) is 0 Å². The van der Waals surface area contributed by atoms with Crippen LogP contribution >= 0.6 is 0 Å². The fourth-order valence-corrected chi connectivity index (χ4v) is 1.83. The van der Waals surface area contributed by atoms with E-state index in [0.717, 1.165) is 12.3 Å². The molecule has 0 amide bonds. The Morgan fingerprint density at radius 1 is 1.62 bits per heavy atom. The van der Waals surface area contributed by atoms with Crippen LogP contribution in [-0.2, 0) is 9.53 Å². The monoisotopic (exact) mass is 185 g/mol. The Bertz CT molecular complexity index is 166. The summed E-state index contributed by atoms with van der Waals surface area (Å²) in [5, 5.41) is 3.28. The van der Waals surface area contributed by atoms with Crippen LogP contribution in [0.4, 0.5) is 0 Å². The standard InChI is InChI=1S/C10H19NO2/c1-11-9(8-4-3-5-8)6-7-10(12)13-2/h8-9,11H,3-7H2,1-2H3. The molecule has 0 aromatic carbocycles. The summed E-state index contributed by atoms with van der Waals surface area (Å²) in [6.45, 7) is 0. The lowest BCUT2D eigenvalue weighted by atomic mass is 9.78.